The fourth-order valence-electron chi connectivity index (χ4n) is 5.07. The first-order valence-electron chi connectivity index (χ1n) is 12.0. The molecule has 4 rings (SSSR count). The summed E-state index contributed by atoms with van der Waals surface area (Å²) in [6.07, 6.45) is -0.00491. The quantitative estimate of drug-likeness (QED) is 0.531. The van der Waals surface area contributed by atoms with E-state index in [2.05, 4.69) is 34.9 Å². The monoisotopic (exact) mass is 480 g/mol. The number of amides is 2. The molecule has 8 nitrogen and oxygen atoms in total. The van der Waals surface area contributed by atoms with E-state index in [1.807, 2.05) is 24.3 Å². The number of carboxylic acid groups (broad SMARTS) is 1. The normalized spacial score (nSPS) is 19.4. The molecule has 1 aliphatic heterocycles. The third kappa shape index (κ3) is 6.00. The molecular weight excluding hydrogens is 448 g/mol. The molecule has 0 aromatic heterocycles. The molecule has 0 saturated carbocycles. The zero-order chi connectivity index (χ0) is 25.0. The number of aliphatic carboxylic acids is 1. The fourth-order valence-corrected chi connectivity index (χ4v) is 5.07. The van der Waals surface area contributed by atoms with Crippen LogP contribution in [0.3, 0.4) is 0 Å². The summed E-state index contributed by atoms with van der Waals surface area (Å²) in [6, 6.07) is 16.0. The molecule has 0 spiro atoms. The van der Waals surface area contributed by atoms with Crippen LogP contribution >= 0.6 is 0 Å². The largest absolute Gasteiger partial charge is 0.481 e. The van der Waals surface area contributed by atoms with Gasteiger partial charge in [0, 0.05) is 36.4 Å². The number of alkyl carbamates (subject to hydrolysis) is 1. The molecule has 2 amide bonds. The molecule has 186 valence electrons. The van der Waals surface area contributed by atoms with E-state index in [-0.39, 0.29) is 43.2 Å². The maximum absolute atomic E-state index is 12.7. The third-order valence-electron chi connectivity index (χ3n) is 6.64. The molecule has 35 heavy (non-hydrogen) atoms. The van der Waals surface area contributed by atoms with Crippen molar-refractivity contribution in [1.82, 2.24) is 10.6 Å². The Kier molecular flexibility index (Phi) is 7.40. The summed E-state index contributed by atoms with van der Waals surface area (Å²) in [7, 11) is 0. The Labute approximate surface area is 205 Å². The predicted molar refractivity (Wildman–Crippen MR) is 130 cm³/mol. The van der Waals surface area contributed by atoms with Gasteiger partial charge in [0.25, 0.3) is 0 Å². The molecule has 0 radical (unpaired) electrons. The van der Waals surface area contributed by atoms with E-state index in [9.17, 15) is 14.4 Å². The second kappa shape index (κ2) is 10.5. The van der Waals surface area contributed by atoms with Crippen LogP contribution in [0.1, 0.15) is 50.2 Å². The average Bonchev–Trinajstić information content (AvgIpc) is 3.11. The highest BCUT2D eigenvalue weighted by atomic mass is 16.5. The van der Waals surface area contributed by atoms with Gasteiger partial charge in [-0.2, -0.15) is 0 Å². The summed E-state index contributed by atoms with van der Waals surface area (Å²) >= 11 is 0. The number of carbonyl (C=O) groups is 3. The van der Waals surface area contributed by atoms with Gasteiger partial charge in [0.15, 0.2) is 0 Å². The van der Waals surface area contributed by atoms with Crippen LogP contribution in [0.5, 0.6) is 0 Å². The van der Waals surface area contributed by atoms with E-state index in [1.54, 1.807) is 13.8 Å². The summed E-state index contributed by atoms with van der Waals surface area (Å²) in [5.74, 6) is -1.51. The van der Waals surface area contributed by atoms with Gasteiger partial charge in [-0.3, -0.25) is 9.59 Å². The van der Waals surface area contributed by atoms with Gasteiger partial charge in [-0.25, -0.2) is 4.79 Å². The first-order chi connectivity index (χ1) is 16.7. The lowest BCUT2D eigenvalue weighted by atomic mass is 9.91. The second-order valence-corrected chi connectivity index (χ2v) is 9.91. The van der Waals surface area contributed by atoms with Crippen LogP contribution in [0.2, 0.25) is 0 Å². The van der Waals surface area contributed by atoms with Gasteiger partial charge in [0.1, 0.15) is 6.61 Å². The molecule has 8 heteroatoms. The molecule has 2 aromatic carbocycles. The van der Waals surface area contributed by atoms with Gasteiger partial charge in [0.05, 0.1) is 13.0 Å². The number of benzene rings is 2. The smallest absolute Gasteiger partial charge is 0.407 e. The highest BCUT2D eigenvalue weighted by Gasteiger charge is 2.33. The number of nitrogens with one attached hydrogen (secondary N) is 2. The van der Waals surface area contributed by atoms with E-state index < -0.39 is 17.6 Å². The number of carbonyl (C=O) groups excluding carboxylic acids is 2. The molecule has 1 aliphatic carbocycles. The van der Waals surface area contributed by atoms with Crippen molar-refractivity contribution in [2.45, 2.75) is 50.6 Å². The number of hydrogen-bond acceptors (Lipinski definition) is 5. The lowest BCUT2D eigenvalue weighted by molar-refractivity contribution is -0.138. The van der Waals surface area contributed by atoms with Gasteiger partial charge in [-0.05, 0) is 42.5 Å². The first kappa shape index (κ1) is 24.7. The minimum absolute atomic E-state index is 0.0270. The molecule has 3 N–H and O–H groups in total. The highest BCUT2D eigenvalue weighted by Crippen LogP contribution is 2.44. The number of hydrogen-bond donors (Lipinski definition) is 3. The van der Waals surface area contributed by atoms with Crippen LogP contribution in [0, 0.1) is 5.92 Å². The molecule has 0 bridgehead atoms. The Morgan fingerprint density at radius 3 is 2.31 bits per heavy atom. The van der Waals surface area contributed by atoms with Crippen molar-refractivity contribution in [3.8, 4) is 11.1 Å². The molecule has 2 atom stereocenters. The van der Waals surface area contributed by atoms with Crippen molar-refractivity contribution >= 4 is 18.0 Å². The predicted octanol–water partition coefficient (Wildman–Crippen LogP) is 3.69. The molecule has 2 aromatic rings. The minimum Gasteiger partial charge on any atom is -0.481 e. The number of carboxylic acids is 1. The van der Waals surface area contributed by atoms with Crippen LogP contribution in [0.4, 0.5) is 4.79 Å². The second-order valence-electron chi connectivity index (χ2n) is 9.91. The molecule has 1 fully saturated rings. The zero-order valence-corrected chi connectivity index (χ0v) is 20.1. The van der Waals surface area contributed by atoms with Crippen molar-refractivity contribution in [3.05, 3.63) is 59.7 Å². The maximum Gasteiger partial charge on any atom is 0.407 e. The topological polar surface area (TPSA) is 114 Å². The van der Waals surface area contributed by atoms with Gasteiger partial charge >= 0.3 is 12.1 Å². The van der Waals surface area contributed by atoms with Crippen molar-refractivity contribution in [2.24, 2.45) is 5.92 Å². The number of ether oxygens (including phenoxy) is 2. The molecular formula is C27H32N2O6. The minimum atomic E-state index is -0.980. The fraction of sp³-hybridized carbons (Fsp3) is 0.444. The third-order valence-corrected chi connectivity index (χ3v) is 6.64. The van der Waals surface area contributed by atoms with E-state index in [0.29, 0.717) is 19.6 Å². The van der Waals surface area contributed by atoms with Crippen molar-refractivity contribution in [1.29, 1.82) is 0 Å². The van der Waals surface area contributed by atoms with Crippen molar-refractivity contribution < 1.29 is 29.0 Å². The van der Waals surface area contributed by atoms with Crippen LogP contribution in [-0.4, -0.2) is 54.5 Å². The average molecular weight is 481 g/mol. The van der Waals surface area contributed by atoms with E-state index in [0.717, 1.165) is 11.1 Å². The zero-order valence-electron chi connectivity index (χ0n) is 20.1. The Morgan fingerprint density at radius 2 is 1.69 bits per heavy atom. The van der Waals surface area contributed by atoms with Crippen LogP contribution in [0.25, 0.3) is 11.1 Å². The van der Waals surface area contributed by atoms with Gasteiger partial charge in [-0.1, -0.05) is 48.5 Å². The number of rotatable bonds is 8. The highest BCUT2D eigenvalue weighted by molar-refractivity contribution is 5.80. The standard InChI is InChI=1S/C27H32N2O6/c1-27(2,14-25(31)32)29-24(30)13-17-15-34-12-11-23(17)28-26(33)35-16-22-20-9-5-3-7-18(20)19-8-4-6-10-21(19)22/h3-10,17,22-23H,11-16H2,1-2H3,(H,28,33)(H,29,30)(H,31,32). The Balaban J connectivity index is 1.34. The summed E-state index contributed by atoms with van der Waals surface area (Å²) in [5, 5.41) is 14.7. The molecule has 1 heterocycles. The van der Waals surface area contributed by atoms with Crippen LogP contribution in [0.15, 0.2) is 48.5 Å². The summed E-state index contributed by atoms with van der Waals surface area (Å²) in [4.78, 5) is 36.3. The van der Waals surface area contributed by atoms with E-state index in [4.69, 9.17) is 14.6 Å². The summed E-state index contributed by atoms with van der Waals surface area (Å²) in [6.45, 7) is 4.38. The van der Waals surface area contributed by atoms with Crippen molar-refractivity contribution in [3.63, 3.8) is 0 Å². The summed E-state index contributed by atoms with van der Waals surface area (Å²) in [5.41, 5.74) is 3.75. The SMILES string of the molecule is CC(C)(CC(=O)O)NC(=O)CC1COCCC1NC(=O)OCC1c2ccccc2-c2ccccc21. The van der Waals surface area contributed by atoms with Crippen molar-refractivity contribution in [2.75, 3.05) is 19.8 Å². The molecule has 1 saturated heterocycles. The van der Waals surface area contributed by atoms with E-state index >= 15 is 0 Å². The number of fused-ring (bicyclic) bond motifs is 3. The Hall–Kier alpha value is -3.39. The lowest BCUT2D eigenvalue weighted by Crippen LogP contribution is -2.50. The van der Waals surface area contributed by atoms with Gasteiger partial charge in [-0.15, -0.1) is 0 Å². The molecule has 2 aliphatic rings. The Morgan fingerprint density at radius 1 is 1.06 bits per heavy atom. The lowest BCUT2D eigenvalue weighted by Gasteiger charge is -2.33. The van der Waals surface area contributed by atoms with E-state index in [1.165, 1.54) is 11.1 Å². The van der Waals surface area contributed by atoms with Gasteiger partial charge < -0.3 is 25.2 Å². The first-order valence-corrected chi connectivity index (χ1v) is 12.0. The van der Waals surface area contributed by atoms with Crippen LogP contribution in [-0.2, 0) is 19.1 Å². The van der Waals surface area contributed by atoms with Gasteiger partial charge in [0.2, 0.25) is 5.91 Å². The van der Waals surface area contributed by atoms with Crippen LogP contribution < -0.4 is 10.6 Å². The Bertz CT molecular complexity index is 1050. The molecule has 2 unspecified atom stereocenters. The summed E-state index contributed by atoms with van der Waals surface area (Å²) < 4.78 is 11.2. The maximum atomic E-state index is 12.7.